The molecule has 2 rings (SSSR count). The number of anilines is 2. The van der Waals surface area contributed by atoms with E-state index in [-0.39, 0.29) is 36.5 Å². The molecule has 9 heteroatoms. The van der Waals surface area contributed by atoms with Crippen molar-refractivity contribution < 1.29 is 9.90 Å². The predicted molar refractivity (Wildman–Crippen MR) is 90.5 cm³/mol. The first-order valence-corrected chi connectivity index (χ1v) is 7.80. The molecular weight excluding hydrogens is 415 g/mol. The summed E-state index contributed by atoms with van der Waals surface area (Å²) in [6.07, 6.45) is -1.58. The molecule has 0 aliphatic heterocycles. The molecule has 0 saturated heterocycles. The summed E-state index contributed by atoms with van der Waals surface area (Å²) in [6, 6.07) is 5.88. The van der Waals surface area contributed by atoms with Gasteiger partial charge in [-0.05, 0) is 24.3 Å². The zero-order chi connectivity index (χ0) is 16.6. The fourth-order valence-corrected chi connectivity index (χ4v) is 3.13. The van der Waals surface area contributed by atoms with E-state index in [0.29, 0.717) is 5.02 Å². The minimum Gasteiger partial charge on any atom is -0.529 e. The summed E-state index contributed by atoms with van der Waals surface area (Å²) in [6.45, 7) is 0. The fraction of sp³-hybridized carbons (Fsp3) is 0. The van der Waals surface area contributed by atoms with Gasteiger partial charge in [0.05, 0.1) is 30.8 Å². The predicted octanol–water partition coefficient (Wildman–Crippen LogP) is 6.09. The quantitative estimate of drug-likeness (QED) is 0.437. The van der Waals surface area contributed by atoms with Crippen molar-refractivity contribution in [3.63, 3.8) is 0 Å². The molecule has 0 spiro atoms. The van der Waals surface area contributed by atoms with Gasteiger partial charge in [-0.25, -0.2) is 0 Å². The molecule has 116 valence electrons. The van der Waals surface area contributed by atoms with Crippen molar-refractivity contribution in [3.05, 3.63) is 54.4 Å². The lowest BCUT2D eigenvalue weighted by Crippen LogP contribution is -2.38. The lowest BCUT2D eigenvalue weighted by Gasteiger charge is -2.28. The maximum absolute atomic E-state index is 11.5. The smallest absolute Gasteiger partial charge is 0.146 e. The molecule has 0 saturated carbocycles. The van der Waals surface area contributed by atoms with Crippen molar-refractivity contribution in [2.45, 2.75) is 0 Å². The largest absolute Gasteiger partial charge is 0.529 e. The maximum Gasteiger partial charge on any atom is 0.146 e. The Hall–Kier alpha value is -0.550. The van der Waals surface area contributed by atoms with E-state index < -0.39 is 6.09 Å². The molecule has 22 heavy (non-hydrogen) atoms. The second kappa shape index (κ2) is 6.91. The minimum absolute atomic E-state index is 0.0727. The topological polar surface area (TPSA) is 43.4 Å². The Bertz CT molecular complexity index is 718. The Labute approximate surface area is 155 Å². The van der Waals surface area contributed by atoms with E-state index in [9.17, 15) is 9.90 Å². The lowest BCUT2D eigenvalue weighted by molar-refractivity contribution is -0.245. The van der Waals surface area contributed by atoms with E-state index in [2.05, 4.69) is 0 Å². The second-order valence-electron chi connectivity index (χ2n) is 4.00. The molecule has 0 aliphatic rings. The number of carbonyl (C=O) groups excluding carboxylic acids is 1. The summed E-state index contributed by atoms with van der Waals surface area (Å²) >= 11 is 35.7. The van der Waals surface area contributed by atoms with Crippen LogP contribution in [0.5, 0.6) is 0 Å². The Morgan fingerprint density at radius 1 is 0.773 bits per heavy atom. The van der Waals surface area contributed by atoms with Gasteiger partial charge in [0.2, 0.25) is 0 Å². The number of halogens is 6. The third kappa shape index (κ3) is 3.21. The number of rotatable bonds is 2. The Morgan fingerprint density at radius 2 is 1.18 bits per heavy atom. The first kappa shape index (κ1) is 17.8. The summed E-state index contributed by atoms with van der Waals surface area (Å²) in [5, 5.41) is 11.3. The number of hydrogen-bond acceptors (Lipinski definition) is 2. The van der Waals surface area contributed by atoms with Crippen LogP contribution in [-0.2, 0) is 0 Å². The van der Waals surface area contributed by atoms with Crippen LogP contribution >= 0.6 is 69.6 Å². The molecule has 1 amide bonds. The van der Waals surface area contributed by atoms with Gasteiger partial charge in [0.15, 0.2) is 0 Å². The van der Waals surface area contributed by atoms with E-state index in [0.717, 1.165) is 4.90 Å². The zero-order valence-corrected chi connectivity index (χ0v) is 14.9. The van der Waals surface area contributed by atoms with Crippen LogP contribution in [0.4, 0.5) is 16.2 Å². The zero-order valence-electron chi connectivity index (χ0n) is 10.3. The highest BCUT2D eigenvalue weighted by atomic mass is 35.5. The third-order valence-corrected chi connectivity index (χ3v) is 5.19. The van der Waals surface area contributed by atoms with Crippen molar-refractivity contribution in [2.75, 3.05) is 4.90 Å². The molecule has 0 atom stereocenters. The molecule has 0 heterocycles. The first-order valence-electron chi connectivity index (χ1n) is 5.53. The summed E-state index contributed by atoms with van der Waals surface area (Å²) in [5.74, 6) is 0. The Morgan fingerprint density at radius 3 is 1.59 bits per heavy atom. The van der Waals surface area contributed by atoms with Crippen LogP contribution in [0.15, 0.2) is 24.3 Å². The van der Waals surface area contributed by atoms with Crippen LogP contribution in [0.3, 0.4) is 0 Å². The molecule has 0 aliphatic carbocycles. The molecule has 0 unspecified atom stereocenters. The highest BCUT2D eigenvalue weighted by Gasteiger charge is 2.25. The van der Waals surface area contributed by atoms with Gasteiger partial charge in [-0.15, -0.1) is 0 Å². The Balaban J connectivity index is 2.75. The van der Waals surface area contributed by atoms with Gasteiger partial charge in [0.1, 0.15) is 6.09 Å². The van der Waals surface area contributed by atoms with Crippen LogP contribution in [0, 0.1) is 0 Å². The molecule has 0 radical (unpaired) electrons. The molecule has 0 aromatic heterocycles. The molecule has 3 nitrogen and oxygen atoms in total. The van der Waals surface area contributed by atoms with Crippen molar-refractivity contribution in [1.29, 1.82) is 0 Å². The number of nitrogens with zero attached hydrogens (tertiary/aromatic N) is 1. The summed E-state index contributed by atoms with van der Waals surface area (Å²) < 4.78 is 0. The molecule has 0 bridgehead atoms. The summed E-state index contributed by atoms with van der Waals surface area (Å²) in [4.78, 5) is 12.3. The second-order valence-corrected chi connectivity index (χ2v) is 6.32. The SMILES string of the molecule is O=C([O-])N(c1ccc(Cl)cc1)c1c(Cl)c(Cl)c(Cl)c(Cl)c1Cl. The van der Waals surface area contributed by atoms with E-state index in [4.69, 9.17) is 69.6 Å². The van der Waals surface area contributed by atoms with Crippen molar-refractivity contribution >= 4 is 87.1 Å². The van der Waals surface area contributed by atoms with Gasteiger partial charge in [0, 0.05) is 10.7 Å². The molecule has 0 N–H and O–H groups in total. The number of benzene rings is 2. The van der Waals surface area contributed by atoms with Crippen molar-refractivity contribution in [2.24, 2.45) is 0 Å². The van der Waals surface area contributed by atoms with Gasteiger partial charge < -0.3 is 9.90 Å². The van der Waals surface area contributed by atoms with Crippen LogP contribution in [0.25, 0.3) is 0 Å². The maximum atomic E-state index is 11.5. The third-order valence-electron chi connectivity index (χ3n) is 2.68. The van der Waals surface area contributed by atoms with Gasteiger partial charge in [-0.1, -0.05) is 69.6 Å². The number of carboxylic acid groups (broad SMARTS) is 1. The summed E-state index contributed by atoms with van der Waals surface area (Å²) in [7, 11) is 0. The van der Waals surface area contributed by atoms with Gasteiger partial charge in [0.25, 0.3) is 0 Å². The van der Waals surface area contributed by atoms with Gasteiger partial charge in [-0.3, -0.25) is 4.90 Å². The number of hydrogen-bond donors (Lipinski definition) is 0. The monoisotopic (exact) mass is 416 g/mol. The van der Waals surface area contributed by atoms with Crippen molar-refractivity contribution in [3.8, 4) is 0 Å². The van der Waals surface area contributed by atoms with Crippen LogP contribution in [-0.4, -0.2) is 6.09 Å². The number of carbonyl (C=O) groups is 1. The van der Waals surface area contributed by atoms with Gasteiger partial charge >= 0.3 is 0 Å². The van der Waals surface area contributed by atoms with Crippen molar-refractivity contribution in [1.82, 2.24) is 0 Å². The highest BCUT2D eigenvalue weighted by molar-refractivity contribution is 6.56. The molecule has 2 aromatic rings. The standard InChI is InChI=1S/C13H5Cl6NO2/c14-5-1-3-6(4-2-5)20(13(21)22)12-10(18)8(16)7(15)9(17)11(12)19/h1-4H,(H,21,22)/p-1. The normalized spacial score (nSPS) is 10.6. The average Bonchev–Trinajstić information content (AvgIpc) is 2.48. The first-order chi connectivity index (χ1) is 10.3. The van der Waals surface area contributed by atoms with E-state index in [1.807, 2.05) is 0 Å². The fourth-order valence-electron chi connectivity index (χ4n) is 1.71. The molecular formula is C13H4Cl6NO2-. The van der Waals surface area contributed by atoms with Crippen LogP contribution in [0.2, 0.25) is 30.1 Å². The number of amides is 1. The van der Waals surface area contributed by atoms with E-state index in [1.54, 1.807) is 0 Å². The van der Waals surface area contributed by atoms with Gasteiger partial charge in [-0.2, -0.15) is 0 Å². The lowest BCUT2D eigenvalue weighted by atomic mass is 10.2. The molecule has 0 fully saturated rings. The average molecular weight is 419 g/mol. The van der Waals surface area contributed by atoms with E-state index >= 15 is 0 Å². The minimum atomic E-state index is -1.58. The van der Waals surface area contributed by atoms with E-state index in [1.165, 1.54) is 24.3 Å². The molecule has 2 aromatic carbocycles. The highest BCUT2D eigenvalue weighted by Crippen LogP contribution is 2.49. The van der Waals surface area contributed by atoms with Crippen LogP contribution in [0.1, 0.15) is 0 Å². The summed E-state index contributed by atoms with van der Waals surface area (Å²) in [5.41, 5.74) is 0.0488. The van der Waals surface area contributed by atoms with Crippen LogP contribution < -0.4 is 10.0 Å². The Kier molecular flexibility index (Phi) is 5.59.